The summed E-state index contributed by atoms with van der Waals surface area (Å²) in [6, 6.07) is 9.24. The first-order chi connectivity index (χ1) is 11.1. The minimum atomic E-state index is 0.0287. The van der Waals surface area contributed by atoms with Crippen molar-refractivity contribution in [1.82, 2.24) is 9.88 Å². The number of anilines is 2. The molecule has 0 atom stereocenters. The van der Waals surface area contributed by atoms with Crippen LogP contribution in [0.2, 0.25) is 5.02 Å². The van der Waals surface area contributed by atoms with E-state index in [1.807, 2.05) is 35.2 Å². The van der Waals surface area contributed by atoms with Crippen molar-refractivity contribution in [3.05, 3.63) is 53.3 Å². The van der Waals surface area contributed by atoms with Crippen molar-refractivity contribution >= 4 is 28.9 Å². The number of nitrogens with zero attached hydrogens (tertiary/aromatic N) is 2. The minimum Gasteiger partial charge on any atom is -0.354 e. The first-order valence-corrected chi connectivity index (χ1v) is 8.28. The number of carbonyl (C=O) groups is 1. The molecule has 0 fully saturated rings. The van der Waals surface area contributed by atoms with Crippen molar-refractivity contribution in [2.24, 2.45) is 0 Å². The van der Waals surface area contributed by atoms with E-state index < -0.39 is 0 Å². The molecule has 2 aromatic rings. The van der Waals surface area contributed by atoms with Gasteiger partial charge in [-0.2, -0.15) is 0 Å². The van der Waals surface area contributed by atoms with Crippen LogP contribution in [-0.4, -0.2) is 28.9 Å². The number of hydrogen-bond donors (Lipinski definition) is 1. The van der Waals surface area contributed by atoms with Crippen LogP contribution in [0.5, 0.6) is 0 Å². The van der Waals surface area contributed by atoms with Crippen molar-refractivity contribution < 1.29 is 4.79 Å². The Kier molecular flexibility index (Phi) is 6.41. The summed E-state index contributed by atoms with van der Waals surface area (Å²) in [5, 5.41) is 3.92. The first-order valence-electron chi connectivity index (χ1n) is 7.91. The molecule has 1 aromatic heterocycles. The van der Waals surface area contributed by atoms with Gasteiger partial charge >= 0.3 is 0 Å². The van der Waals surface area contributed by atoms with Gasteiger partial charge in [-0.25, -0.2) is 0 Å². The monoisotopic (exact) mass is 331 g/mol. The van der Waals surface area contributed by atoms with Gasteiger partial charge in [-0.3, -0.25) is 9.78 Å². The Hall–Kier alpha value is -2.07. The number of amides is 1. The number of rotatable bonds is 7. The van der Waals surface area contributed by atoms with Crippen molar-refractivity contribution in [3.8, 4) is 0 Å². The van der Waals surface area contributed by atoms with Crippen LogP contribution in [0, 0.1) is 0 Å². The van der Waals surface area contributed by atoms with Gasteiger partial charge in [0.15, 0.2) is 0 Å². The zero-order chi connectivity index (χ0) is 16.7. The first kappa shape index (κ1) is 17.3. The molecule has 0 radical (unpaired) electrons. The van der Waals surface area contributed by atoms with Gasteiger partial charge < -0.3 is 10.2 Å². The van der Waals surface area contributed by atoms with E-state index in [0.29, 0.717) is 10.6 Å². The summed E-state index contributed by atoms with van der Waals surface area (Å²) in [5.41, 5.74) is 2.29. The summed E-state index contributed by atoms with van der Waals surface area (Å²) in [6.45, 7) is 5.68. The molecule has 0 saturated heterocycles. The predicted octanol–water partition coefficient (Wildman–Crippen LogP) is 4.74. The third kappa shape index (κ3) is 4.96. The number of aromatic nitrogens is 1. The maximum absolute atomic E-state index is 12.6. The van der Waals surface area contributed by atoms with Gasteiger partial charge in [-0.05, 0) is 43.2 Å². The molecule has 1 aromatic carbocycles. The Morgan fingerprint density at radius 3 is 2.35 bits per heavy atom. The summed E-state index contributed by atoms with van der Waals surface area (Å²) in [7, 11) is 0. The van der Waals surface area contributed by atoms with Crippen LogP contribution in [0.3, 0.4) is 0 Å². The summed E-state index contributed by atoms with van der Waals surface area (Å²) in [5.74, 6) is 0.0287. The molecule has 1 heterocycles. The number of halogens is 1. The van der Waals surface area contributed by atoms with E-state index in [1.165, 1.54) is 0 Å². The van der Waals surface area contributed by atoms with Crippen LogP contribution in [0.15, 0.2) is 42.7 Å². The highest BCUT2D eigenvalue weighted by atomic mass is 35.5. The predicted molar refractivity (Wildman–Crippen MR) is 95.5 cm³/mol. The highest BCUT2D eigenvalue weighted by molar-refractivity contribution is 6.30. The van der Waals surface area contributed by atoms with E-state index in [2.05, 4.69) is 24.1 Å². The Morgan fingerprint density at radius 1 is 1.09 bits per heavy atom. The molecule has 0 spiro atoms. The van der Waals surface area contributed by atoms with Crippen LogP contribution < -0.4 is 5.32 Å². The molecule has 0 unspecified atom stereocenters. The smallest absolute Gasteiger partial charge is 0.255 e. The van der Waals surface area contributed by atoms with Gasteiger partial charge in [0.2, 0.25) is 0 Å². The normalized spacial score (nSPS) is 10.4. The number of nitrogens with one attached hydrogen (secondary N) is 1. The van der Waals surface area contributed by atoms with Crippen molar-refractivity contribution in [2.75, 3.05) is 18.4 Å². The molecular formula is C18H22ClN3O. The molecule has 122 valence electrons. The molecule has 1 amide bonds. The second kappa shape index (κ2) is 8.53. The van der Waals surface area contributed by atoms with Crippen LogP contribution >= 0.6 is 11.6 Å². The maximum atomic E-state index is 12.6. The molecule has 0 aliphatic rings. The molecule has 2 rings (SSSR count). The van der Waals surface area contributed by atoms with Gasteiger partial charge in [-0.15, -0.1) is 0 Å². The van der Waals surface area contributed by atoms with Crippen LogP contribution in [0.4, 0.5) is 11.4 Å². The van der Waals surface area contributed by atoms with Crippen LogP contribution in [-0.2, 0) is 0 Å². The average Bonchev–Trinajstić information content (AvgIpc) is 2.56. The quantitative estimate of drug-likeness (QED) is 0.797. The van der Waals surface area contributed by atoms with Gasteiger partial charge in [0, 0.05) is 30.0 Å². The standard InChI is InChI=1S/C18H22ClN3O/c1-3-9-22(10-4-2)18(23)14-11-17(13-20-12-14)21-16-7-5-15(19)6-8-16/h5-8,11-13,21H,3-4,9-10H2,1-2H3. The molecule has 0 aliphatic heterocycles. The summed E-state index contributed by atoms with van der Waals surface area (Å²) < 4.78 is 0. The van der Waals surface area contributed by atoms with Gasteiger partial charge in [0.25, 0.3) is 5.91 Å². The highest BCUT2D eigenvalue weighted by Crippen LogP contribution is 2.19. The second-order valence-corrected chi connectivity index (χ2v) is 5.82. The molecule has 4 nitrogen and oxygen atoms in total. The summed E-state index contributed by atoms with van der Waals surface area (Å²) in [4.78, 5) is 18.7. The minimum absolute atomic E-state index is 0.0287. The lowest BCUT2D eigenvalue weighted by Gasteiger charge is -2.21. The van der Waals surface area contributed by atoms with E-state index in [4.69, 9.17) is 11.6 Å². The van der Waals surface area contributed by atoms with Gasteiger partial charge in [0.05, 0.1) is 17.4 Å². The SMILES string of the molecule is CCCN(CCC)C(=O)c1cncc(Nc2ccc(Cl)cc2)c1. The molecule has 5 heteroatoms. The van der Waals surface area contributed by atoms with Crippen molar-refractivity contribution in [2.45, 2.75) is 26.7 Å². The summed E-state index contributed by atoms with van der Waals surface area (Å²) >= 11 is 5.89. The Bertz CT molecular complexity index is 637. The van der Waals surface area contributed by atoms with Crippen LogP contribution in [0.25, 0.3) is 0 Å². The van der Waals surface area contributed by atoms with Crippen molar-refractivity contribution in [3.63, 3.8) is 0 Å². The third-order valence-electron chi connectivity index (χ3n) is 3.39. The van der Waals surface area contributed by atoms with Gasteiger partial charge in [-0.1, -0.05) is 25.4 Å². The van der Waals surface area contributed by atoms with Crippen LogP contribution in [0.1, 0.15) is 37.0 Å². The molecule has 0 aliphatic carbocycles. The van der Waals surface area contributed by atoms with E-state index >= 15 is 0 Å². The van der Waals surface area contributed by atoms with E-state index in [0.717, 1.165) is 37.3 Å². The summed E-state index contributed by atoms with van der Waals surface area (Å²) in [6.07, 6.45) is 5.22. The lowest BCUT2D eigenvalue weighted by Crippen LogP contribution is -2.32. The fourth-order valence-corrected chi connectivity index (χ4v) is 2.49. The van der Waals surface area contributed by atoms with E-state index in [1.54, 1.807) is 12.4 Å². The zero-order valence-corrected chi connectivity index (χ0v) is 14.3. The highest BCUT2D eigenvalue weighted by Gasteiger charge is 2.15. The fourth-order valence-electron chi connectivity index (χ4n) is 2.36. The number of pyridine rings is 1. The fraction of sp³-hybridized carbons (Fsp3) is 0.333. The van der Waals surface area contributed by atoms with Gasteiger partial charge in [0.1, 0.15) is 0 Å². The maximum Gasteiger partial charge on any atom is 0.255 e. The molecule has 1 N–H and O–H groups in total. The van der Waals surface area contributed by atoms with E-state index in [-0.39, 0.29) is 5.91 Å². The number of carbonyl (C=O) groups excluding carboxylic acids is 1. The third-order valence-corrected chi connectivity index (χ3v) is 3.64. The zero-order valence-electron chi connectivity index (χ0n) is 13.6. The van der Waals surface area contributed by atoms with Crippen molar-refractivity contribution in [1.29, 1.82) is 0 Å². The molecule has 23 heavy (non-hydrogen) atoms. The number of benzene rings is 1. The van der Waals surface area contributed by atoms with E-state index in [9.17, 15) is 4.79 Å². The Balaban J connectivity index is 2.14. The average molecular weight is 332 g/mol. The Labute approximate surface area is 142 Å². The lowest BCUT2D eigenvalue weighted by molar-refractivity contribution is 0.0755. The lowest BCUT2D eigenvalue weighted by atomic mass is 10.2. The Morgan fingerprint density at radius 2 is 1.74 bits per heavy atom. The largest absolute Gasteiger partial charge is 0.354 e. The second-order valence-electron chi connectivity index (χ2n) is 5.39. The topological polar surface area (TPSA) is 45.2 Å². The molecule has 0 bridgehead atoms. The molecular weight excluding hydrogens is 310 g/mol. The molecule has 0 saturated carbocycles. The number of hydrogen-bond acceptors (Lipinski definition) is 3.